The number of benzene rings is 2. The van der Waals surface area contributed by atoms with Crippen LogP contribution in [-0.2, 0) is 6.42 Å². The van der Waals surface area contributed by atoms with Crippen molar-refractivity contribution in [2.75, 3.05) is 0 Å². The largest absolute Gasteiger partial charge is 0.507 e. The molecule has 2 aromatic carbocycles. The van der Waals surface area contributed by atoms with E-state index >= 15 is 0 Å². The Hall–Kier alpha value is -3.40. The molecule has 1 aliphatic rings. The third-order valence-electron chi connectivity index (χ3n) is 4.55. The van der Waals surface area contributed by atoms with Crippen molar-refractivity contribution >= 4 is 11.9 Å². The van der Waals surface area contributed by atoms with Crippen LogP contribution in [0.3, 0.4) is 0 Å². The van der Waals surface area contributed by atoms with E-state index < -0.39 is 11.4 Å². The summed E-state index contributed by atoms with van der Waals surface area (Å²) in [6.45, 7) is 1.54. The first kappa shape index (κ1) is 16.1. The SMILES string of the molecule is Cc1cc(O)c(C(=O)/C=C/c2ccc3c(c2)Cc2ccccc2-3)c(=O)o1. The number of hydrogen-bond acceptors (Lipinski definition) is 4. The van der Waals surface area contributed by atoms with Crippen LogP contribution in [0.1, 0.15) is 32.8 Å². The van der Waals surface area contributed by atoms with Gasteiger partial charge in [-0.1, -0.05) is 48.5 Å². The second-order valence-corrected chi connectivity index (χ2v) is 6.35. The van der Waals surface area contributed by atoms with Crippen molar-refractivity contribution in [1.82, 2.24) is 0 Å². The van der Waals surface area contributed by atoms with E-state index in [1.165, 1.54) is 41.3 Å². The fourth-order valence-corrected chi connectivity index (χ4v) is 3.35. The van der Waals surface area contributed by atoms with Crippen LogP contribution in [0.5, 0.6) is 5.75 Å². The molecule has 0 spiro atoms. The van der Waals surface area contributed by atoms with Crippen LogP contribution in [-0.4, -0.2) is 10.9 Å². The van der Waals surface area contributed by atoms with Gasteiger partial charge in [0.2, 0.25) is 0 Å². The molecule has 0 saturated heterocycles. The van der Waals surface area contributed by atoms with Gasteiger partial charge in [0.15, 0.2) is 5.78 Å². The maximum absolute atomic E-state index is 12.3. The van der Waals surface area contributed by atoms with Crippen molar-refractivity contribution in [3.63, 3.8) is 0 Å². The van der Waals surface area contributed by atoms with Gasteiger partial charge in [0.25, 0.3) is 0 Å². The first-order chi connectivity index (χ1) is 12.5. The zero-order valence-electron chi connectivity index (χ0n) is 14.2. The molecule has 3 aromatic rings. The van der Waals surface area contributed by atoms with E-state index in [1.807, 2.05) is 30.3 Å². The number of aryl methyl sites for hydroxylation is 1. The lowest BCUT2D eigenvalue weighted by Crippen LogP contribution is -2.12. The Morgan fingerprint density at radius 2 is 1.85 bits per heavy atom. The average Bonchev–Trinajstić information content (AvgIpc) is 2.96. The average molecular weight is 344 g/mol. The van der Waals surface area contributed by atoms with Gasteiger partial charge in [-0.15, -0.1) is 0 Å². The molecule has 0 radical (unpaired) electrons. The van der Waals surface area contributed by atoms with Gasteiger partial charge in [-0.3, -0.25) is 4.79 Å². The summed E-state index contributed by atoms with van der Waals surface area (Å²) in [6.07, 6.45) is 3.79. The van der Waals surface area contributed by atoms with Crippen LogP contribution in [0.4, 0.5) is 0 Å². The summed E-state index contributed by atoms with van der Waals surface area (Å²) in [5, 5.41) is 9.85. The molecule has 26 heavy (non-hydrogen) atoms. The van der Waals surface area contributed by atoms with E-state index in [1.54, 1.807) is 6.08 Å². The molecule has 0 unspecified atom stereocenters. The van der Waals surface area contributed by atoms with Crippen LogP contribution < -0.4 is 5.63 Å². The third-order valence-corrected chi connectivity index (χ3v) is 4.55. The number of carbonyl (C=O) groups excluding carboxylic acids is 1. The maximum atomic E-state index is 12.3. The van der Waals surface area contributed by atoms with E-state index in [9.17, 15) is 14.7 Å². The molecule has 0 saturated carbocycles. The van der Waals surface area contributed by atoms with Crippen LogP contribution in [0.2, 0.25) is 0 Å². The van der Waals surface area contributed by atoms with Gasteiger partial charge in [0, 0.05) is 6.07 Å². The van der Waals surface area contributed by atoms with E-state index in [0.29, 0.717) is 0 Å². The molecule has 4 nitrogen and oxygen atoms in total. The van der Waals surface area contributed by atoms with Gasteiger partial charge in [-0.05, 0) is 47.2 Å². The maximum Gasteiger partial charge on any atom is 0.351 e. The number of aromatic hydroxyl groups is 1. The molecule has 128 valence electrons. The Kier molecular flexibility index (Phi) is 3.81. The monoisotopic (exact) mass is 344 g/mol. The number of carbonyl (C=O) groups is 1. The molecular weight excluding hydrogens is 328 g/mol. The van der Waals surface area contributed by atoms with Gasteiger partial charge in [0.05, 0.1) is 0 Å². The molecule has 0 bridgehead atoms. The number of hydrogen-bond donors (Lipinski definition) is 1. The van der Waals surface area contributed by atoms with Gasteiger partial charge >= 0.3 is 5.63 Å². The second kappa shape index (κ2) is 6.15. The van der Waals surface area contributed by atoms with Gasteiger partial charge in [-0.2, -0.15) is 0 Å². The summed E-state index contributed by atoms with van der Waals surface area (Å²) in [5.74, 6) is -0.691. The standard InChI is InChI=1S/C22H16O4/c1-13-10-20(24)21(22(25)26-13)19(23)9-7-14-6-8-18-16(11-14)12-15-4-2-3-5-17(15)18/h2-11,24H,12H2,1H3/b9-7+. The van der Waals surface area contributed by atoms with Crippen molar-refractivity contribution in [2.24, 2.45) is 0 Å². The Labute approximate surface area is 150 Å². The molecular formula is C22H16O4. The fourth-order valence-electron chi connectivity index (χ4n) is 3.35. The molecule has 0 amide bonds. The predicted octanol–water partition coefficient (Wildman–Crippen LogP) is 4.12. The molecule has 1 heterocycles. The molecule has 0 fully saturated rings. The minimum absolute atomic E-state index is 0.256. The van der Waals surface area contributed by atoms with Gasteiger partial charge in [0.1, 0.15) is 17.1 Å². The first-order valence-electron chi connectivity index (χ1n) is 8.30. The molecule has 1 aliphatic carbocycles. The predicted molar refractivity (Wildman–Crippen MR) is 99.4 cm³/mol. The summed E-state index contributed by atoms with van der Waals surface area (Å²) in [6, 6.07) is 15.6. The Bertz CT molecular complexity index is 1120. The Balaban J connectivity index is 1.62. The Morgan fingerprint density at radius 1 is 1.08 bits per heavy atom. The van der Waals surface area contributed by atoms with Crippen molar-refractivity contribution in [2.45, 2.75) is 13.3 Å². The first-order valence-corrected chi connectivity index (χ1v) is 8.30. The lowest BCUT2D eigenvalue weighted by Gasteiger charge is -2.02. The smallest absolute Gasteiger partial charge is 0.351 e. The van der Waals surface area contributed by atoms with Crippen LogP contribution in [0.15, 0.2) is 63.8 Å². The quantitative estimate of drug-likeness (QED) is 0.448. The lowest BCUT2D eigenvalue weighted by atomic mass is 10.0. The zero-order valence-corrected chi connectivity index (χ0v) is 14.2. The molecule has 4 rings (SSSR count). The normalized spacial score (nSPS) is 12.2. The summed E-state index contributed by atoms with van der Waals surface area (Å²) >= 11 is 0. The molecule has 0 aliphatic heterocycles. The summed E-state index contributed by atoms with van der Waals surface area (Å²) in [7, 11) is 0. The summed E-state index contributed by atoms with van der Waals surface area (Å²) < 4.78 is 4.89. The number of fused-ring (bicyclic) bond motifs is 3. The highest BCUT2D eigenvalue weighted by Crippen LogP contribution is 2.36. The molecule has 1 N–H and O–H groups in total. The van der Waals surface area contributed by atoms with E-state index in [2.05, 4.69) is 12.1 Å². The van der Waals surface area contributed by atoms with E-state index in [0.717, 1.165) is 12.0 Å². The third kappa shape index (κ3) is 2.75. The minimum Gasteiger partial charge on any atom is -0.507 e. The van der Waals surface area contributed by atoms with Crippen molar-refractivity contribution in [1.29, 1.82) is 0 Å². The lowest BCUT2D eigenvalue weighted by molar-refractivity contribution is 0.104. The van der Waals surface area contributed by atoms with Crippen molar-refractivity contribution < 1.29 is 14.3 Å². The van der Waals surface area contributed by atoms with Crippen molar-refractivity contribution in [3.05, 3.63) is 93.0 Å². The van der Waals surface area contributed by atoms with Gasteiger partial charge < -0.3 is 9.52 Å². The second-order valence-electron chi connectivity index (χ2n) is 6.35. The molecule has 1 aromatic heterocycles. The van der Waals surface area contributed by atoms with E-state index in [4.69, 9.17) is 4.42 Å². The number of ketones is 1. The highest BCUT2D eigenvalue weighted by atomic mass is 16.4. The fraction of sp³-hybridized carbons (Fsp3) is 0.0909. The Morgan fingerprint density at radius 3 is 2.65 bits per heavy atom. The zero-order chi connectivity index (χ0) is 18.3. The summed E-state index contributed by atoms with van der Waals surface area (Å²) in [5.41, 5.74) is 4.64. The van der Waals surface area contributed by atoms with E-state index in [-0.39, 0.29) is 17.1 Å². The highest BCUT2D eigenvalue weighted by molar-refractivity contribution is 6.08. The van der Waals surface area contributed by atoms with Crippen LogP contribution in [0, 0.1) is 6.92 Å². The van der Waals surface area contributed by atoms with Crippen LogP contribution >= 0.6 is 0 Å². The highest BCUT2D eigenvalue weighted by Gasteiger charge is 2.18. The molecule has 0 atom stereocenters. The summed E-state index contributed by atoms with van der Waals surface area (Å²) in [4.78, 5) is 24.1. The minimum atomic E-state index is -0.832. The molecule has 4 heteroatoms. The number of allylic oxidation sites excluding steroid dienone is 1. The van der Waals surface area contributed by atoms with Crippen molar-refractivity contribution in [3.8, 4) is 16.9 Å². The number of rotatable bonds is 3. The topological polar surface area (TPSA) is 67.5 Å². The van der Waals surface area contributed by atoms with Crippen LogP contribution in [0.25, 0.3) is 17.2 Å². The van der Waals surface area contributed by atoms with Gasteiger partial charge in [-0.25, -0.2) is 4.79 Å².